The summed E-state index contributed by atoms with van der Waals surface area (Å²) in [5, 5.41) is 0. The summed E-state index contributed by atoms with van der Waals surface area (Å²) in [6.45, 7) is 1.54. The minimum atomic E-state index is 0.233. The number of amides is 1. The Morgan fingerprint density at radius 2 is 2.33 bits per heavy atom. The van der Waals surface area contributed by atoms with Crippen LogP contribution in [0.25, 0.3) is 10.2 Å². The molecule has 1 aromatic carbocycles. The molecule has 1 aliphatic heterocycles. The highest BCUT2D eigenvalue weighted by atomic mass is 32.1. The van der Waals surface area contributed by atoms with E-state index in [4.69, 9.17) is 5.73 Å². The number of hydrogen-bond donors (Lipinski definition) is 1. The Morgan fingerprint density at radius 1 is 1.43 bits per heavy atom. The van der Waals surface area contributed by atoms with Crippen LogP contribution in [-0.2, 0) is 11.2 Å². The zero-order valence-corrected chi connectivity index (χ0v) is 12.9. The standard InChI is InChI=1S/C16H21N3OS/c17-7-6-13-3-1-2-8-19(13)16(20)10-12-4-5-14-15(9-12)21-11-18-14/h4-5,9,11,13H,1-3,6-8,10,17H2/t13-/m1/s1. The predicted molar refractivity (Wildman–Crippen MR) is 86.3 cm³/mol. The van der Waals surface area contributed by atoms with Gasteiger partial charge >= 0.3 is 0 Å². The van der Waals surface area contributed by atoms with E-state index in [9.17, 15) is 4.79 Å². The maximum absolute atomic E-state index is 12.6. The molecule has 1 saturated heterocycles. The summed E-state index contributed by atoms with van der Waals surface area (Å²) in [5.74, 6) is 0.233. The average molecular weight is 303 g/mol. The van der Waals surface area contributed by atoms with Crippen LogP contribution in [-0.4, -0.2) is 34.9 Å². The molecule has 2 N–H and O–H groups in total. The first-order chi connectivity index (χ1) is 10.3. The van der Waals surface area contributed by atoms with Crippen LogP contribution in [0.3, 0.4) is 0 Å². The monoisotopic (exact) mass is 303 g/mol. The van der Waals surface area contributed by atoms with Gasteiger partial charge in [0.1, 0.15) is 0 Å². The molecule has 1 aromatic heterocycles. The van der Waals surface area contributed by atoms with Crippen molar-refractivity contribution in [1.29, 1.82) is 0 Å². The van der Waals surface area contributed by atoms with Crippen LogP contribution >= 0.6 is 11.3 Å². The Balaban J connectivity index is 1.71. The molecule has 5 heteroatoms. The minimum Gasteiger partial charge on any atom is -0.339 e. The van der Waals surface area contributed by atoms with Gasteiger partial charge in [-0.1, -0.05) is 6.07 Å². The zero-order valence-electron chi connectivity index (χ0n) is 12.1. The zero-order chi connectivity index (χ0) is 14.7. The molecule has 0 spiro atoms. The van der Waals surface area contributed by atoms with Crippen LogP contribution < -0.4 is 5.73 Å². The number of likely N-dealkylation sites (tertiary alicyclic amines) is 1. The lowest BCUT2D eigenvalue weighted by Gasteiger charge is -2.35. The van der Waals surface area contributed by atoms with Crippen LogP contribution in [0.1, 0.15) is 31.2 Å². The van der Waals surface area contributed by atoms with E-state index in [0.717, 1.165) is 41.6 Å². The summed E-state index contributed by atoms with van der Waals surface area (Å²) in [6.07, 6.45) is 4.81. The number of rotatable bonds is 4. The van der Waals surface area contributed by atoms with Gasteiger partial charge in [0.2, 0.25) is 5.91 Å². The van der Waals surface area contributed by atoms with Gasteiger partial charge in [-0.25, -0.2) is 4.98 Å². The van der Waals surface area contributed by atoms with Gasteiger partial charge in [0, 0.05) is 12.6 Å². The van der Waals surface area contributed by atoms with Crippen molar-refractivity contribution < 1.29 is 4.79 Å². The van der Waals surface area contributed by atoms with Crippen LogP contribution in [0, 0.1) is 0 Å². The summed E-state index contributed by atoms with van der Waals surface area (Å²) < 4.78 is 1.15. The van der Waals surface area contributed by atoms with E-state index < -0.39 is 0 Å². The van der Waals surface area contributed by atoms with E-state index in [2.05, 4.69) is 11.1 Å². The van der Waals surface area contributed by atoms with Crippen LogP contribution in [0.2, 0.25) is 0 Å². The molecule has 2 aromatic rings. The normalized spacial score (nSPS) is 19.1. The molecule has 0 bridgehead atoms. The molecule has 0 unspecified atom stereocenters. The highest BCUT2D eigenvalue weighted by Crippen LogP contribution is 2.22. The summed E-state index contributed by atoms with van der Waals surface area (Å²) in [4.78, 5) is 18.9. The van der Waals surface area contributed by atoms with E-state index >= 15 is 0 Å². The topological polar surface area (TPSA) is 59.2 Å². The Kier molecular flexibility index (Phi) is 4.51. The maximum Gasteiger partial charge on any atom is 0.227 e. The van der Waals surface area contributed by atoms with Crippen LogP contribution in [0.15, 0.2) is 23.7 Å². The molecule has 3 rings (SSSR count). The van der Waals surface area contributed by atoms with Gasteiger partial charge in [0.15, 0.2) is 0 Å². The molecule has 1 fully saturated rings. The third-order valence-corrected chi connectivity index (χ3v) is 4.99. The van der Waals surface area contributed by atoms with E-state index in [0.29, 0.717) is 19.0 Å². The molecule has 1 atom stereocenters. The largest absolute Gasteiger partial charge is 0.339 e. The highest BCUT2D eigenvalue weighted by Gasteiger charge is 2.25. The van der Waals surface area contributed by atoms with Crippen molar-refractivity contribution in [2.75, 3.05) is 13.1 Å². The van der Waals surface area contributed by atoms with Crippen molar-refractivity contribution >= 4 is 27.5 Å². The van der Waals surface area contributed by atoms with E-state index in [1.807, 2.05) is 22.5 Å². The van der Waals surface area contributed by atoms with E-state index in [1.165, 1.54) is 6.42 Å². The molecule has 4 nitrogen and oxygen atoms in total. The molecule has 0 saturated carbocycles. The number of carbonyl (C=O) groups is 1. The first kappa shape index (κ1) is 14.5. The van der Waals surface area contributed by atoms with Gasteiger partial charge in [0.05, 0.1) is 22.1 Å². The number of nitrogens with two attached hydrogens (primary N) is 1. The van der Waals surface area contributed by atoms with Gasteiger partial charge in [-0.3, -0.25) is 4.79 Å². The van der Waals surface area contributed by atoms with Crippen molar-refractivity contribution in [1.82, 2.24) is 9.88 Å². The lowest BCUT2D eigenvalue weighted by molar-refractivity contribution is -0.134. The SMILES string of the molecule is NCC[C@H]1CCCCN1C(=O)Cc1ccc2ncsc2c1. The molecular formula is C16H21N3OS. The lowest BCUT2D eigenvalue weighted by atomic mass is 9.98. The second-order valence-electron chi connectivity index (χ2n) is 5.65. The highest BCUT2D eigenvalue weighted by molar-refractivity contribution is 7.16. The van der Waals surface area contributed by atoms with Gasteiger partial charge in [-0.2, -0.15) is 0 Å². The van der Waals surface area contributed by atoms with Crippen molar-refractivity contribution in [2.24, 2.45) is 5.73 Å². The summed E-state index contributed by atoms with van der Waals surface area (Å²) in [7, 11) is 0. The molecule has 21 heavy (non-hydrogen) atoms. The number of hydrogen-bond acceptors (Lipinski definition) is 4. The summed E-state index contributed by atoms with van der Waals surface area (Å²) in [5.41, 5.74) is 9.61. The smallest absolute Gasteiger partial charge is 0.227 e. The Hall–Kier alpha value is -1.46. The molecular weight excluding hydrogens is 282 g/mol. The second-order valence-corrected chi connectivity index (χ2v) is 6.53. The fourth-order valence-corrected chi connectivity index (χ4v) is 3.85. The molecule has 0 aliphatic carbocycles. The van der Waals surface area contributed by atoms with Crippen LogP contribution in [0.4, 0.5) is 0 Å². The Bertz CT molecular complexity index is 623. The number of aromatic nitrogens is 1. The fourth-order valence-electron chi connectivity index (χ4n) is 3.11. The first-order valence-corrected chi connectivity index (χ1v) is 8.47. The summed E-state index contributed by atoms with van der Waals surface area (Å²) >= 11 is 1.62. The molecule has 1 amide bonds. The minimum absolute atomic E-state index is 0.233. The molecule has 0 radical (unpaired) electrons. The van der Waals surface area contributed by atoms with Gasteiger partial charge in [-0.15, -0.1) is 11.3 Å². The Morgan fingerprint density at radius 3 is 3.19 bits per heavy atom. The third-order valence-electron chi connectivity index (χ3n) is 4.20. The number of fused-ring (bicyclic) bond motifs is 1. The van der Waals surface area contributed by atoms with Crippen molar-refractivity contribution in [3.63, 3.8) is 0 Å². The van der Waals surface area contributed by atoms with Crippen LogP contribution in [0.5, 0.6) is 0 Å². The van der Waals surface area contributed by atoms with E-state index in [1.54, 1.807) is 11.3 Å². The number of thiazole rings is 1. The first-order valence-electron chi connectivity index (χ1n) is 7.59. The van der Waals surface area contributed by atoms with Gasteiger partial charge < -0.3 is 10.6 Å². The number of nitrogens with zero attached hydrogens (tertiary/aromatic N) is 2. The van der Waals surface area contributed by atoms with Crippen molar-refractivity contribution in [2.45, 2.75) is 38.1 Å². The molecule has 1 aliphatic rings. The van der Waals surface area contributed by atoms with Gasteiger partial charge in [-0.05, 0) is 49.9 Å². The maximum atomic E-state index is 12.6. The predicted octanol–water partition coefficient (Wildman–Crippen LogP) is 2.57. The third kappa shape index (κ3) is 3.24. The second kappa shape index (κ2) is 6.54. The Labute approximate surface area is 129 Å². The van der Waals surface area contributed by atoms with Crippen molar-refractivity contribution in [3.8, 4) is 0 Å². The van der Waals surface area contributed by atoms with Crippen molar-refractivity contribution in [3.05, 3.63) is 29.3 Å². The average Bonchev–Trinajstić information content (AvgIpc) is 2.95. The van der Waals surface area contributed by atoms with E-state index in [-0.39, 0.29) is 5.91 Å². The molecule has 2 heterocycles. The number of piperidine rings is 1. The number of benzene rings is 1. The molecule has 112 valence electrons. The van der Waals surface area contributed by atoms with Gasteiger partial charge in [0.25, 0.3) is 0 Å². The number of carbonyl (C=O) groups excluding carboxylic acids is 1. The summed E-state index contributed by atoms with van der Waals surface area (Å²) in [6, 6.07) is 6.44. The lowest BCUT2D eigenvalue weighted by Crippen LogP contribution is -2.45. The fraction of sp³-hybridized carbons (Fsp3) is 0.500. The quantitative estimate of drug-likeness (QED) is 0.944.